The van der Waals surface area contributed by atoms with Crippen LogP contribution in [0.4, 0.5) is 5.69 Å². The largest absolute Gasteiger partial charge is 0.497 e. The van der Waals surface area contributed by atoms with Crippen LogP contribution in [0, 0.1) is 12.3 Å². The summed E-state index contributed by atoms with van der Waals surface area (Å²) in [6.07, 6.45) is 0.475. The summed E-state index contributed by atoms with van der Waals surface area (Å²) in [6.45, 7) is 4.90. The average Bonchev–Trinajstić information content (AvgIpc) is 2.83. The van der Waals surface area contributed by atoms with Crippen LogP contribution in [0.2, 0.25) is 0 Å². The van der Waals surface area contributed by atoms with Crippen molar-refractivity contribution in [3.63, 3.8) is 0 Å². The van der Waals surface area contributed by atoms with Crippen LogP contribution in [0.1, 0.15) is 25.0 Å². The molecule has 3 rings (SSSR count). The van der Waals surface area contributed by atoms with Crippen molar-refractivity contribution in [2.75, 3.05) is 23.7 Å². The van der Waals surface area contributed by atoms with Gasteiger partial charge in [0.1, 0.15) is 5.75 Å². The summed E-state index contributed by atoms with van der Waals surface area (Å²) in [5.41, 5.74) is 0.385. The molecule has 1 amide bonds. The van der Waals surface area contributed by atoms with Crippen molar-refractivity contribution >= 4 is 31.6 Å². The molecule has 0 radical (unpaired) electrons. The lowest BCUT2D eigenvalue weighted by atomic mass is 9.95. The first kappa shape index (κ1) is 23.2. The fraction of sp³-hybridized carbons (Fsp3) is 0.381. The van der Waals surface area contributed by atoms with Crippen LogP contribution in [0.25, 0.3) is 0 Å². The van der Waals surface area contributed by atoms with Crippen LogP contribution >= 0.6 is 0 Å². The number of hydrogen-bond acceptors (Lipinski definition) is 6. The minimum Gasteiger partial charge on any atom is -0.497 e. The lowest BCUT2D eigenvalue weighted by molar-refractivity contribution is -0.123. The molecule has 10 heteroatoms. The molecule has 0 saturated carbocycles. The maximum atomic E-state index is 12.8. The fourth-order valence-electron chi connectivity index (χ4n) is 3.56. The van der Waals surface area contributed by atoms with Crippen LogP contribution in [0.15, 0.2) is 47.4 Å². The van der Waals surface area contributed by atoms with Gasteiger partial charge in [-0.15, -0.1) is 0 Å². The second kappa shape index (κ2) is 8.25. The SMILES string of the molecule is COc1cccc(CCNS(=O)(=O)c2ccc(N3C(=O)C(C)(C)CS3(=O)=O)cc2C)c1. The van der Waals surface area contributed by atoms with Gasteiger partial charge in [-0.1, -0.05) is 12.1 Å². The Hall–Kier alpha value is -2.43. The highest BCUT2D eigenvalue weighted by Crippen LogP contribution is 2.36. The summed E-state index contributed by atoms with van der Waals surface area (Å²) in [5, 5.41) is 0. The molecule has 1 saturated heterocycles. The number of hydrogen-bond donors (Lipinski definition) is 1. The normalized spacial score (nSPS) is 17.7. The molecular weight excluding hydrogens is 440 g/mol. The van der Waals surface area contributed by atoms with Gasteiger partial charge in [0.25, 0.3) is 0 Å². The highest BCUT2D eigenvalue weighted by molar-refractivity contribution is 7.94. The van der Waals surface area contributed by atoms with Crippen LogP contribution in [0.5, 0.6) is 5.75 Å². The number of carbonyl (C=O) groups is 1. The zero-order chi connectivity index (χ0) is 23.0. The molecule has 0 bridgehead atoms. The van der Waals surface area contributed by atoms with Gasteiger partial charge in [-0.25, -0.2) is 25.9 Å². The smallest absolute Gasteiger partial charge is 0.247 e. The molecule has 31 heavy (non-hydrogen) atoms. The van der Waals surface area contributed by atoms with E-state index in [0.717, 1.165) is 9.87 Å². The van der Waals surface area contributed by atoms with E-state index in [0.29, 0.717) is 17.7 Å². The van der Waals surface area contributed by atoms with Gasteiger partial charge in [0, 0.05) is 6.54 Å². The topological polar surface area (TPSA) is 110 Å². The van der Waals surface area contributed by atoms with Crippen molar-refractivity contribution in [3.05, 3.63) is 53.6 Å². The number of amides is 1. The maximum Gasteiger partial charge on any atom is 0.247 e. The van der Waals surface area contributed by atoms with Gasteiger partial charge >= 0.3 is 0 Å². The number of aryl methyl sites for hydroxylation is 1. The second-order valence-electron chi connectivity index (χ2n) is 8.16. The van der Waals surface area contributed by atoms with Crippen LogP contribution in [-0.2, 0) is 31.3 Å². The summed E-state index contributed by atoms with van der Waals surface area (Å²) >= 11 is 0. The highest BCUT2D eigenvalue weighted by Gasteiger charge is 2.50. The first-order valence-corrected chi connectivity index (χ1v) is 12.8. The number of rotatable bonds is 7. The Labute approximate surface area is 183 Å². The predicted molar refractivity (Wildman–Crippen MR) is 118 cm³/mol. The van der Waals surface area contributed by atoms with E-state index < -0.39 is 31.4 Å². The molecule has 1 heterocycles. The number of carbonyl (C=O) groups excluding carboxylic acids is 1. The molecule has 2 aromatic rings. The van der Waals surface area contributed by atoms with Gasteiger partial charge in [0.05, 0.1) is 28.9 Å². The van der Waals surface area contributed by atoms with E-state index in [1.54, 1.807) is 27.9 Å². The van der Waals surface area contributed by atoms with Crippen molar-refractivity contribution < 1.29 is 26.4 Å². The molecule has 0 spiro atoms. The monoisotopic (exact) mass is 466 g/mol. The van der Waals surface area contributed by atoms with Gasteiger partial charge < -0.3 is 4.74 Å². The van der Waals surface area contributed by atoms with Crippen molar-refractivity contribution in [2.24, 2.45) is 5.41 Å². The summed E-state index contributed by atoms with van der Waals surface area (Å²) in [6, 6.07) is 11.4. The van der Waals surface area contributed by atoms with Crippen molar-refractivity contribution in [3.8, 4) is 5.75 Å². The third-order valence-electron chi connectivity index (χ3n) is 5.11. The van der Waals surface area contributed by atoms with Crippen molar-refractivity contribution in [2.45, 2.75) is 32.1 Å². The first-order valence-electron chi connectivity index (χ1n) is 9.68. The Morgan fingerprint density at radius 3 is 2.45 bits per heavy atom. The Kier molecular flexibility index (Phi) is 6.18. The maximum absolute atomic E-state index is 12.8. The molecule has 0 unspecified atom stereocenters. The van der Waals surface area contributed by atoms with Crippen LogP contribution in [-0.4, -0.2) is 42.2 Å². The Morgan fingerprint density at radius 1 is 1.16 bits per heavy atom. The van der Waals surface area contributed by atoms with Crippen LogP contribution < -0.4 is 13.8 Å². The molecule has 2 aromatic carbocycles. The highest BCUT2D eigenvalue weighted by atomic mass is 32.2. The van der Waals surface area contributed by atoms with Gasteiger partial charge in [0.2, 0.25) is 26.0 Å². The number of nitrogens with zero attached hydrogens (tertiary/aromatic N) is 1. The van der Waals surface area contributed by atoms with E-state index in [4.69, 9.17) is 4.74 Å². The minimum atomic E-state index is -3.82. The second-order valence-corrected chi connectivity index (χ2v) is 11.7. The lowest BCUT2D eigenvalue weighted by Gasteiger charge is -2.19. The van der Waals surface area contributed by atoms with Gasteiger partial charge in [-0.2, -0.15) is 0 Å². The molecule has 1 aliphatic rings. The summed E-state index contributed by atoms with van der Waals surface area (Å²) in [5.74, 6) is -0.121. The van der Waals surface area contributed by atoms with Gasteiger partial charge in [-0.05, 0) is 68.7 Å². The zero-order valence-electron chi connectivity index (χ0n) is 17.9. The number of sulfonamides is 2. The molecule has 0 atom stereocenters. The van der Waals surface area contributed by atoms with Crippen LogP contribution in [0.3, 0.4) is 0 Å². The van der Waals surface area contributed by atoms with E-state index in [9.17, 15) is 21.6 Å². The van der Waals surface area contributed by atoms with Crippen molar-refractivity contribution in [1.82, 2.24) is 4.72 Å². The molecule has 1 aliphatic heterocycles. The number of methoxy groups -OCH3 is 1. The van der Waals surface area contributed by atoms with E-state index in [-0.39, 0.29) is 22.9 Å². The first-order chi connectivity index (χ1) is 14.4. The number of benzene rings is 2. The van der Waals surface area contributed by atoms with Gasteiger partial charge in [0.15, 0.2) is 0 Å². The Morgan fingerprint density at radius 2 is 1.87 bits per heavy atom. The van der Waals surface area contributed by atoms with E-state index in [1.807, 2.05) is 24.3 Å². The summed E-state index contributed by atoms with van der Waals surface area (Å²) in [4.78, 5) is 12.6. The molecule has 1 N–H and O–H groups in total. The van der Waals surface area contributed by atoms with E-state index >= 15 is 0 Å². The molecule has 168 valence electrons. The third-order valence-corrected chi connectivity index (χ3v) is 8.75. The lowest BCUT2D eigenvalue weighted by Crippen LogP contribution is -2.33. The predicted octanol–water partition coefficient (Wildman–Crippen LogP) is 2.23. The fourth-order valence-corrected chi connectivity index (χ4v) is 6.91. The third kappa shape index (κ3) is 4.76. The molecule has 1 fully saturated rings. The van der Waals surface area contributed by atoms with Crippen molar-refractivity contribution in [1.29, 1.82) is 0 Å². The molecule has 0 aliphatic carbocycles. The average molecular weight is 467 g/mol. The Bertz CT molecular complexity index is 1220. The van der Waals surface area contributed by atoms with E-state index in [1.165, 1.54) is 18.2 Å². The summed E-state index contributed by atoms with van der Waals surface area (Å²) < 4.78 is 59.0. The quantitative estimate of drug-likeness (QED) is 0.670. The zero-order valence-corrected chi connectivity index (χ0v) is 19.5. The number of anilines is 1. The molecule has 8 nitrogen and oxygen atoms in total. The Balaban J connectivity index is 1.78. The molecule has 0 aromatic heterocycles. The number of nitrogens with one attached hydrogen (secondary N) is 1. The molecular formula is C21H26N2O6S2. The van der Waals surface area contributed by atoms with E-state index in [2.05, 4.69) is 4.72 Å². The standard InChI is InChI=1S/C21H26N2O6S2/c1-15-12-17(23-20(24)21(2,3)14-30(23,25)26)8-9-19(15)31(27,28)22-11-10-16-6-5-7-18(13-16)29-4/h5-9,12-13,22H,10-11,14H2,1-4H3. The minimum absolute atomic E-state index is 0.0326. The van der Waals surface area contributed by atoms with Gasteiger partial charge in [-0.3, -0.25) is 4.79 Å². The number of ether oxygens (including phenoxy) is 1. The summed E-state index contributed by atoms with van der Waals surface area (Å²) in [7, 11) is -6.05.